The Morgan fingerprint density at radius 3 is 2.62 bits per heavy atom. The molecule has 114 valence electrons. The minimum atomic E-state index is 0.108. The molecule has 6 heteroatoms. The Morgan fingerprint density at radius 1 is 1.33 bits per heavy atom. The number of hydrogen-bond acceptors (Lipinski definition) is 5. The first kappa shape index (κ1) is 15.6. The molecule has 0 saturated carbocycles. The lowest BCUT2D eigenvalue weighted by atomic mass is 10.2. The summed E-state index contributed by atoms with van der Waals surface area (Å²) in [6.45, 7) is 7.72. The van der Waals surface area contributed by atoms with E-state index in [1.54, 1.807) is 11.3 Å². The number of nitrogens with zero attached hydrogens (tertiary/aromatic N) is 3. The Morgan fingerprint density at radius 2 is 2.00 bits per heavy atom. The zero-order chi connectivity index (χ0) is 15.6. The molecule has 0 aliphatic heterocycles. The second-order valence-electron chi connectivity index (χ2n) is 5.03. The summed E-state index contributed by atoms with van der Waals surface area (Å²) >= 11 is 1.63. The number of hydrogen-bond donors (Lipinski definition) is 1. The molecule has 0 saturated heterocycles. The maximum atomic E-state index is 12.2. The van der Waals surface area contributed by atoms with Crippen molar-refractivity contribution in [3.63, 3.8) is 0 Å². The van der Waals surface area contributed by atoms with E-state index in [-0.39, 0.29) is 5.91 Å². The highest BCUT2D eigenvalue weighted by Gasteiger charge is 2.15. The Bertz CT molecular complexity index is 648. The lowest BCUT2D eigenvalue weighted by Gasteiger charge is -2.25. The second kappa shape index (κ2) is 6.30. The number of carbonyl (C=O) groups excluding carboxylic acids is 1. The molecule has 0 radical (unpaired) electrons. The van der Waals surface area contributed by atoms with Crippen molar-refractivity contribution in [2.75, 3.05) is 37.3 Å². The molecule has 1 aromatic carbocycles. The van der Waals surface area contributed by atoms with Crippen molar-refractivity contribution in [1.29, 1.82) is 0 Å². The first-order valence-electron chi connectivity index (χ1n) is 7.11. The van der Waals surface area contributed by atoms with Crippen LogP contribution in [0.2, 0.25) is 0 Å². The zero-order valence-electron chi connectivity index (χ0n) is 13.0. The number of nitrogens with two attached hydrogens (primary N) is 1. The third-order valence-corrected chi connectivity index (χ3v) is 4.48. The smallest absolute Gasteiger partial charge is 0.242 e. The lowest BCUT2D eigenvalue weighted by Crippen LogP contribution is -2.39. The van der Waals surface area contributed by atoms with Crippen LogP contribution in [0.5, 0.6) is 0 Å². The highest BCUT2D eigenvalue weighted by atomic mass is 32.1. The van der Waals surface area contributed by atoms with Crippen molar-refractivity contribution >= 4 is 38.8 Å². The van der Waals surface area contributed by atoms with Crippen molar-refractivity contribution in [1.82, 2.24) is 9.88 Å². The fourth-order valence-corrected chi connectivity index (χ4v) is 3.25. The Balaban J connectivity index is 2.24. The van der Waals surface area contributed by atoms with Gasteiger partial charge < -0.3 is 15.5 Å². The maximum absolute atomic E-state index is 12.2. The number of aromatic nitrogens is 1. The van der Waals surface area contributed by atoms with Crippen LogP contribution < -0.4 is 10.6 Å². The average molecular weight is 306 g/mol. The van der Waals surface area contributed by atoms with Gasteiger partial charge >= 0.3 is 0 Å². The van der Waals surface area contributed by atoms with Gasteiger partial charge in [0.15, 0.2) is 0 Å². The minimum absolute atomic E-state index is 0.108. The van der Waals surface area contributed by atoms with Gasteiger partial charge in [-0.2, -0.15) is 0 Å². The normalized spacial score (nSPS) is 10.9. The molecule has 5 nitrogen and oxygen atoms in total. The molecule has 0 aliphatic rings. The molecule has 0 bridgehead atoms. The van der Waals surface area contributed by atoms with Gasteiger partial charge in [-0.25, -0.2) is 4.98 Å². The monoisotopic (exact) mass is 306 g/mol. The predicted molar refractivity (Wildman–Crippen MR) is 90.0 cm³/mol. The van der Waals surface area contributed by atoms with Gasteiger partial charge in [0.05, 0.1) is 33.1 Å². The van der Waals surface area contributed by atoms with Crippen LogP contribution in [0.15, 0.2) is 12.1 Å². The standard InChI is InChI=1S/C15H22N4OS/c1-5-19(6-2)15(20)9-18(4)13-8-12-14(7-11(13)16)21-10(3)17-12/h7-8H,5-6,9,16H2,1-4H3. The van der Waals surface area contributed by atoms with Crippen LogP contribution in [-0.2, 0) is 4.79 Å². The van der Waals surface area contributed by atoms with Crippen LogP contribution in [0.1, 0.15) is 18.9 Å². The Hall–Kier alpha value is -1.82. The van der Waals surface area contributed by atoms with Gasteiger partial charge in [-0.15, -0.1) is 11.3 Å². The fourth-order valence-electron chi connectivity index (χ4n) is 2.39. The summed E-state index contributed by atoms with van der Waals surface area (Å²) in [5.41, 5.74) is 8.60. The quantitative estimate of drug-likeness (QED) is 0.862. The van der Waals surface area contributed by atoms with E-state index >= 15 is 0 Å². The summed E-state index contributed by atoms with van der Waals surface area (Å²) in [5.74, 6) is 0.108. The van der Waals surface area contributed by atoms with E-state index < -0.39 is 0 Å². The number of carbonyl (C=O) groups is 1. The molecule has 0 aliphatic carbocycles. The maximum Gasteiger partial charge on any atom is 0.242 e. The molecule has 0 unspecified atom stereocenters. The average Bonchev–Trinajstić information content (AvgIpc) is 2.78. The SMILES string of the molecule is CCN(CC)C(=O)CN(C)c1cc2nc(C)sc2cc1N. The summed E-state index contributed by atoms with van der Waals surface area (Å²) in [7, 11) is 1.89. The first-order valence-corrected chi connectivity index (χ1v) is 7.93. The van der Waals surface area contributed by atoms with Crippen LogP contribution in [-0.4, -0.2) is 42.5 Å². The van der Waals surface area contributed by atoms with E-state index in [0.717, 1.165) is 34.0 Å². The molecule has 0 fully saturated rings. The minimum Gasteiger partial charge on any atom is -0.397 e. The number of benzene rings is 1. The molecule has 2 aromatic rings. The van der Waals surface area contributed by atoms with Gasteiger partial charge in [0.1, 0.15) is 0 Å². The van der Waals surface area contributed by atoms with E-state index in [0.29, 0.717) is 12.2 Å². The van der Waals surface area contributed by atoms with E-state index in [4.69, 9.17) is 5.73 Å². The molecule has 2 N–H and O–H groups in total. The van der Waals surface area contributed by atoms with E-state index in [9.17, 15) is 4.79 Å². The van der Waals surface area contributed by atoms with Gasteiger partial charge in [0, 0.05) is 20.1 Å². The summed E-state index contributed by atoms with van der Waals surface area (Å²) in [6.07, 6.45) is 0. The van der Waals surface area contributed by atoms with Gasteiger partial charge in [-0.1, -0.05) is 0 Å². The summed E-state index contributed by atoms with van der Waals surface area (Å²) in [6, 6.07) is 3.90. The number of nitrogen functional groups attached to an aromatic ring is 1. The molecule has 0 spiro atoms. The number of likely N-dealkylation sites (N-methyl/N-ethyl adjacent to an activating group) is 2. The number of rotatable bonds is 5. The number of amides is 1. The van der Waals surface area contributed by atoms with Gasteiger partial charge in [-0.05, 0) is 32.9 Å². The van der Waals surface area contributed by atoms with Crippen molar-refractivity contribution in [2.24, 2.45) is 0 Å². The van der Waals surface area contributed by atoms with Crippen LogP contribution in [0.25, 0.3) is 10.2 Å². The molecule has 1 aromatic heterocycles. The first-order chi connectivity index (χ1) is 9.96. The summed E-state index contributed by atoms with van der Waals surface area (Å²) < 4.78 is 1.08. The number of anilines is 2. The highest BCUT2D eigenvalue weighted by Crippen LogP contribution is 2.31. The topological polar surface area (TPSA) is 62.5 Å². The number of fused-ring (bicyclic) bond motifs is 1. The van der Waals surface area contributed by atoms with Crippen molar-refractivity contribution in [2.45, 2.75) is 20.8 Å². The Labute approximate surface area is 129 Å². The van der Waals surface area contributed by atoms with Crippen LogP contribution in [0.4, 0.5) is 11.4 Å². The molecular weight excluding hydrogens is 284 g/mol. The largest absolute Gasteiger partial charge is 0.397 e. The van der Waals surface area contributed by atoms with Gasteiger partial charge in [-0.3, -0.25) is 4.79 Å². The molecule has 21 heavy (non-hydrogen) atoms. The van der Waals surface area contributed by atoms with Crippen LogP contribution >= 0.6 is 11.3 Å². The van der Waals surface area contributed by atoms with Crippen molar-refractivity contribution in [3.05, 3.63) is 17.1 Å². The Kier molecular flexibility index (Phi) is 4.67. The third kappa shape index (κ3) is 3.26. The number of aryl methyl sites for hydroxylation is 1. The molecular formula is C15H22N4OS. The van der Waals surface area contributed by atoms with Gasteiger partial charge in [0.25, 0.3) is 0 Å². The van der Waals surface area contributed by atoms with Crippen LogP contribution in [0.3, 0.4) is 0 Å². The zero-order valence-corrected chi connectivity index (χ0v) is 13.8. The van der Waals surface area contributed by atoms with E-state index in [1.165, 1.54) is 0 Å². The third-order valence-electron chi connectivity index (χ3n) is 3.54. The molecule has 1 amide bonds. The predicted octanol–water partition coefficient (Wildman–Crippen LogP) is 2.49. The fraction of sp³-hybridized carbons (Fsp3) is 0.467. The summed E-state index contributed by atoms with van der Waals surface area (Å²) in [5, 5.41) is 1.02. The molecule has 0 atom stereocenters. The van der Waals surface area contributed by atoms with Crippen LogP contribution in [0, 0.1) is 6.92 Å². The van der Waals surface area contributed by atoms with Gasteiger partial charge in [0.2, 0.25) is 5.91 Å². The number of thiazole rings is 1. The highest BCUT2D eigenvalue weighted by molar-refractivity contribution is 7.18. The molecule has 1 heterocycles. The summed E-state index contributed by atoms with van der Waals surface area (Å²) in [4.78, 5) is 20.4. The second-order valence-corrected chi connectivity index (χ2v) is 6.27. The molecule has 2 rings (SSSR count). The van der Waals surface area contributed by atoms with E-state index in [2.05, 4.69) is 4.98 Å². The van der Waals surface area contributed by atoms with Crippen molar-refractivity contribution in [3.8, 4) is 0 Å². The lowest BCUT2D eigenvalue weighted by molar-refractivity contribution is -0.129. The van der Waals surface area contributed by atoms with Crippen molar-refractivity contribution < 1.29 is 4.79 Å². The van der Waals surface area contributed by atoms with E-state index in [1.807, 2.05) is 49.8 Å².